The topological polar surface area (TPSA) is 165 Å². The van der Waals surface area contributed by atoms with Crippen molar-refractivity contribution in [3.63, 3.8) is 0 Å². The maximum Gasteiger partial charge on any atom is 0.415 e. The van der Waals surface area contributed by atoms with E-state index >= 15 is 0 Å². The predicted octanol–water partition coefficient (Wildman–Crippen LogP) is 6.40. The maximum absolute atomic E-state index is 13.3. The van der Waals surface area contributed by atoms with Crippen LogP contribution in [0.5, 0.6) is 5.75 Å². The molecule has 46 heavy (non-hydrogen) atoms. The summed E-state index contributed by atoms with van der Waals surface area (Å²) in [5, 5.41) is 16.2. The van der Waals surface area contributed by atoms with Crippen LogP contribution in [0.3, 0.4) is 0 Å². The molecule has 0 saturated carbocycles. The number of carbonyl (C=O) groups excluding carboxylic acids is 2. The fourth-order valence-corrected chi connectivity index (χ4v) is 5.46. The number of alkyl carbamates (subject to hydrolysis) is 1. The minimum Gasteiger partial charge on any atom is -0.440 e. The highest BCUT2D eigenvalue weighted by Gasteiger charge is 2.19. The van der Waals surface area contributed by atoms with Crippen LogP contribution in [0, 0.1) is 5.41 Å². The highest BCUT2D eigenvalue weighted by molar-refractivity contribution is 7.89. The molecule has 0 saturated heterocycles. The lowest BCUT2D eigenvalue weighted by Crippen LogP contribution is -2.34. The Hall–Kier alpha value is -5.07. The maximum atomic E-state index is 13.3. The average Bonchev–Trinajstić information content (AvgIpc) is 3.04. The number of sulfonamides is 1. The van der Waals surface area contributed by atoms with Gasteiger partial charge in [0, 0.05) is 30.4 Å². The average molecular weight is 644 g/mol. The van der Waals surface area contributed by atoms with Crippen LogP contribution in [0.15, 0.2) is 102 Å². The Kier molecular flexibility index (Phi) is 11.6. The summed E-state index contributed by atoms with van der Waals surface area (Å²) < 4.78 is 35.1. The minimum absolute atomic E-state index is 0.00305. The number of hydrogen-bond acceptors (Lipinski definition) is 8. The standard InChI is InChI=1S/C34H37N5O6S/c1-3-4-9-21-39(34(41)45-28-18-16-26(17-19-28)29-13-5-6-15-31(29)46(36,42)43)23-25-11-10-12-27(22-25)32(35)38-33(40)44-24(2)30-14-7-8-20-37-30/h5-8,10-20,22,24H,3-4,9,21,23H2,1-2H3,(H2,35,38,40)(H2,36,42,43). The number of rotatable bonds is 12. The molecule has 2 amide bonds. The van der Waals surface area contributed by atoms with Gasteiger partial charge in [-0.05, 0) is 60.9 Å². The van der Waals surface area contributed by atoms with Crippen LogP contribution >= 0.6 is 0 Å². The molecule has 0 aliphatic heterocycles. The third-order valence-corrected chi connectivity index (χ3v) is 8.03. The third-order valence-electron chi connectivity index (χ3n) is 7.06. The first-order valence-corrected chi connectivity index (χ1v) is 16.3. The van der Waals surface area contributed by atoms with Crippen molar-refractivity contribution in [3.05, 3.63) is 114 Å². The van der Waals surface area contributed by atoms with Gasteiger partial charge in [-0.1, -0.05) is 74.4 Å². The van der Waals surface area contributed by atoms with Crippen molar-refractivity contribution in [1.82, 2.24) is 15.2 Å². The fraction of sp³-hybridized carbons (Fsp3) is 0.235. The van der Waals surface area contributed by atoms with Crippen molar-refractivity contribution < 1.29 is 27.5 Å². The van der Waals surface area contributed by atoms with E-state index in [0.29, 0.717) is 34.7 Å². The number of primary sulfonamides is 1. The lowest BCUT2D eigenvalue weighted by molar-refractivity contribution is 0.110. The predicted molar refractivity (Wildman–Crippen MR) is 175 cm³/mol. The fourth-order valence-electron chi connectivity index (χ4n) is 4.70. The van der Waals surface area contributed by atoms with Crippen LogP contribution < -0.4 is 15.2 Å². The molecule has 0 bridgehead atoms. The molecule has 0 radical (unpaired) electrons. The van der Waals surface area contributed by atoms with Crippen molar-refractivity contribution in [1.29, 1.82) is 5.41 Å². The van der Waals surface area contributed by atoms with Crippen molar-refractivity contribution in [2.45, 2.75) is 50.7 Å². The van der Waals surface area contributed by atoms with E-state index in [4.69, 9.17) is 20.0 Å². The quantitative estimate of drug-likeness (QED) is 0.0913. The number of amides is 2. The Labute approximate surface area is 268 Å². The van der Waals surface area contributed by atoms with E-state index in [1.165, 1.54) is 6.07 Å². The molecule has 0 aliphatic carbocycles. The van der Waals surface area contributed by atoms with Crippen LogP contribution in [0.2, 0.25) is 0 Å². The second kappa shape index (κ2) is 15.8. The molecule has 12 heteroatoms. The molecular formula is C34H37N5O6S. The largest absolute Gasteiger partial charge is 0.440 e. The first kappa shape index (κ1) is 33.8. The lowest BCUT2D eigenvalue weighted by Gasteiger charge is -2.22. The van der Waals surface area contributed by atoms with Gasteiger partial charge in [0.15, 0.2) is 0 Å². The van der Waals surface area contributed by atoms with E-state index < -0.39 is 28.3 Å². The smallest absolute Gasteiger partial charge is 0.415 e. The van der Waals surface area contributed by atoms with Crippen LogP contribution in [-0.2, 0) is 21.3 Å². The Morgan fingerprint density at radius 1 is 0.978 bits per heavy atom. The highest BCUT2D eigenvalue weighted by atomic mass is 32.2. The van der Waals surface area contributed by atoms with Crippen LogP contribution in [0.25, 0.3) is 11.1 Å². The molecular weight excluding hydrogens is 606 g/mol. The van der Waals surface area contributed by atoms with Crippen molar-refractivity contribution in [3.8, 4) is 16.9 Å². The van der Waals surface area contributed by atoms with Crippen molar-refractivity contribution >= 4 is 28.0 Å². The van der Waals surface area contributed by atoms with E-state index in [1.807, 2.05) is 6.07 Å². The minimum atomic E-state index is -3.93. The number of nitrogens with zero attached hydrogens (tertiary/aromatic N) is 2. The summed E-state index contributed by atoms with van der Waals surface area (Å²) in [7, 11) is -3.93. The number of ether oxygens (including phenoxy) is 2. The first-order chi connectivity index (χ1) is 22.0. The van der Waals surface area contributed by atoms with Crippen molar-refractivity contribution in [2.24, 2.45) is 5.14 Å². The molecule has 1 heterocycles. The zero-order valence-corrected chi connectivity index (χ0v) is 26.5. The number of nitrogens with one attached hydrogen (secondary N) is 2. The van der Waals surface area contributed by atoms with Gasteiger partial charge in [-0.15, -0.1) is 0 Å². The number of nitrogens with two attached hydrogens (primary N) is 1. The molecule has 4 rings (SSSR count). The summed E-state index contributed by atoms with van der Waals surface area (Å²) in [5.41, 5.74) is 2.82. The second-order valence-electron chi connectivity index (χ2n) is 10.6. The van der Waals surface area contributed by atoms with Crippen LogP contribution in [0.4, 0.5) is 9.59 Å². The third kappa shape index (κ3) is 9.46. The number of pyridine rings is 1. The van der Waals surface area contributed by atoms with Crippen molar-refractivity contribution in [2.75, 3.05) is 6.54 Å². The number of hydrogen-bond donors (Lipinski definition) is 3. The van der Waals surface area contributed by atoms with Gasteiger partial charge < -0.3 is 14.4 Å². The van der Waals surface area contributed by atoms with E-state index in [2.05, 4.69) is 17.2 Å². The Morgan fingerprint density at radius 3 is 2.41 bits per heavy atom. The Bertz CT molecular complexity index is 1760. The van der Waals surface area contributed by atoms with Gasteiger partial charge in [-0.2, -0.15) is 0 Å². The van der Waals surface area contributed by atoms with Gasteiger partial charge in [0.1, 0.15) is 17.7 Å². The second-order valence-corrected chi connectivity index (χ2v) is 12.1. The normalized spacial score (nSPS) is 11.7. The highest BCUT2D eigenvalue weighted by Crippen LogP contribution is 2.28. The molecule has 11 nitrogen and oxygen atoms in total. The van der Waals surface area contributed by atoms with E-state index in [9.17, 15) is 18.0 Å². The summed E-state index contributed by atoms with van der Waals surface area (Å²) in [5.74, 6) is 0.143. The van der Waals surface area contributed by atoms with Crippen LogP contribution in [0.1, 0.15) is 56.0 Å². The Balaban J connectivity index is 1.42. The summed E-state index contributed by atoms with van der Waals surface area (Å²) in [6.45, 7) is 4.43. The summed E-state index contributed by atoms with van der Waals surface area (Å²) in [6, 6.07) is 25.2. The molecule has 4 aromatic rings. The SMILES string of the molecule is CCCCCN(Cc1cccc(C(=N)NC(=O)OC(C)c2ccccn2)c1)C(=O)Oc1ccc(-c2ccccc2S(N)(=O)=O)cc1. The number of amidine groups is 1. The molecule has 1 unspecified atom stereocenters. The lowest BCUT2D eigenvalue weighted by atomic mass is 10.1. The molecule has 1 atom stereocenters. The number of aromatic nitrogens is 1. The first-order valence-electron chi connectivity index (χ1n) is 14.8. The summed E-state index contributed by atoms with van der Waals surface area (Å²) in [6.07, 6.45) is 2.34. The zero-order chi connectivity index (χ0) is 33.1. The monoisotopic (exact) mass is 643 g/mol. The van der Waals surface area contributed by atoms with E-state index in [1.54, 1.807) is 96.9 Å². The zero-order valence-electron chi connectivity index (χ0n) is 25.7. The molecule has 0 aliphatic rings. The summed E-state index contributed by atoms with van der Waals surface area (Å²) >= 11 is 0. The number of benzene rings is 3. The van der Waals surface area contributed by atoms with Crippen LogP contribution in [-0.4, -0.2) is 42.9 Å². The summed E-state index contributed by atoms with van der Waals surface area (Å²) in [4.78, 5) is 31.5. The van der Waals surface area contributed by atoms with Gasteiger partial charge in [0.25, 0.3) is 0 Å². The van der Waals surface area contributed by atoms with E-state index in [-0.39, 0.29) is 17.3 Å². The van der Waals surface area contributed by atoms with Gasteiger partial charge in [0.2, 0.25) is 10.0 Å². The van der Waals surface area contributed by atoms with Gasteiger partial charge >= 0.3 is 12.2 Å². The molecule has 3 aromatic carbocycles. The van der Waals surface area contributed by atoms with Gasteiger partial charge in [-0.3, -0.25) is 15.7 Å². The number of carbonyl (C=O) groups is 2. The molecule has 0 spiro atoms. The molecule has 240 valence electrons. The molecule has 0 fully saturated rings. The van der Waals surface area contributed by atoms with E-state index in [0.717, 1.165) is 24.8 Å². The molecule has 1 aromatic heterocycles. The Morgan fingerprint density at radius 2 is 1.72 bits per heavy atom. The van der Waals surface area contributed by atoms with Gasteiger partial charge in [0.05, 0.1) is 10.6 Å². The number of unbranched alkanes of at least 4 members (excludes halogenated alkanes) is 2. The van der Waals surface area contributed by atoms with Gasteiger partial charge in [-0.25, -0.2) is 23.1 Å². The molecule has 4 N–H and O–H groups in total.